The largest absolute Gasteiger partial charge is 0.347 e. The maximum absolute atomic E-state index is 13.4. The number of rotatable bonds is 6. The summed E-state index contributed by atoms with van der Waals surface area (Å²) in [7, 11) is -4.47. The molecule has 0 saturated carbocycles. The van der Waals surface area contributed by atoms with Gasteiger partial charge in [-0.15, -0.1) is 0 Å². The Morgan fingerprint density at radius 1 is 1.27 bits per heavy atom. The van der Waals surface area contributed by atoms with Crippen LogP contribution in [0.1, 0.15) is 20.3 Å². The van der Waals surface area contributed by atoms with Gasteiger partial charge in [0.25, 0.3) is 15.9 Å². The van der Waals surface area contributed by atoms with Gasteiger partial charge in [0.2, 0.25) is 5.91 Å². The molecule has 0 aromatic heterocycles. The van der Waals surface area contributed by atoms with Crippen LogP contribution in [-0.2, 0) is 19.6 Å². The Morgan fingerprint density at radius 3 is 2.45 bits per heavy atom. The van der Waals surface area contributed by atoms with Gasteiger partial charge in [-0.3, -0.25) is 9.59 Å². The van der Waals surface area contributed by atoms with Crippen molar-refractivity contribution in [3.05, 3.63) is 29.8 Å². The molecule has 22 heavy (non-hydrogen) atoms. The van der Waals surface area contributed by atoms with E-state index in [1.165, 1.54) is 0 Å². The molecule has 2 amide bonds. The van der Waals surface area contributed by atoms with E-state index in [1.54, 1.807) is 18.6 Å². The first-order valence-electron chi connectivity index (χ1n) is 6.45. The van der Waals surface area contributed by atoms with Crippen molar-refractivity contribution >= 4 is 21.8 Å². The molecule has 0 radical (unpaired) electrons. The molecule has 9 heteroatoms. The SMILES string of the molecule is CC[C@@H](C)C(=O)NCC(=O)NS(=O)(=O)c1ccc(F)cc1F. The highest BCUT2D eigenvalue weighted by atomic mass is 32.2. The summed E-state index contributed by atoms with van der Waals surface area (Å²) >= 11 is 0. The van der Waals surface area contributed by atoms with Crippen LogP contribution >= 0.6 is 0 Å². The average Bonchev–Trinajstić information content (AvgIpc) is 2.42. The number of carbonyl (C=O) groups is 2. The highest BCUT2D eigenvalue weighted by Crippen LogP contribution is 2.15. The minimum Gasteiger partial charge on any atom is -0.347 e. The van der Waals surface area contributed by atoms with E-state index < -0.39 is 44.9 Å². The highest BCUT2D eigenvalue weighted by molar-refractivity contribution is 7.90. The van der Waals surface area contributed by atoms with Crippen molar-refractivity contribution in [2.45, 2.75) is 25.2 Å². The second kappa shape index (κ2) is 7.30. The summed E-state index contributed by atoms with van der Waals surface area (Å²) in [5.74, 6) is -4.00. The maximum Gasteiger partial charge on any atom is 0.267 e. The lowest BCUT2D eigenvalue weighted by Crippen LogP contribution is -2.41. The molecule has 1 aromatic carbocycles. The van der Waals surface area contributed by atoms with Gasteiger partial charge in [-0.1, -0.05) is 13.8 Å². The average molecular weight is 334 g/mol. The Labute approximate surface area is 127 Å². The van der Waals surface area contributed by atoms with Gasteiger partial charge in [0.1, 0.15) is 16.5 Å². The van der Waals surface area contributed by atoms with Gasteiger partial charge in [0.15, 0.2) is 0 Å². The van der Waals surface area contributed by atoms with Gasteiger partial charge >= 0.3 is 0 Å². The molecule has 1 aromatic rings. The number of hydrogen-bond acceptors (Lipinski definition) is 4. The third kappa shape index (κ3) is 4.76. The lowest BCUT2D eigenvalue weighted by atomic mass is 10.1. The minimum absolute atomic E-state index is 0.320. The molecular weight excluding hydrogens is 318 g/mol. The van der Waals surface area contributed by atoms with Crippen LogP contribution in [0, 0.1) is 17.6 Å². The molecule has 6 nitrogen and oxygen atoms in total. The third-order valence-corrected chi connectivity index (χ3v) is 4.32. The van der Waals surface area contributed by atoms with Crippen LogP contribution in [0.15, 0.2) is 23.1 Å². The van der Waals surface area contributed by atoms with Gasteiger partial charge in [-0.25, -0.2) is 21.9 Å². The summed E-state index contributed by atoms with van der Waals surface area (Å²) in [6.45, 7) is 2.87. The van der Waals surface area contributed by atoms with Crippen LogP contribution in [0.3, 0.4) is 0 Å². The van der Waals surface area contributed by atoms with E-state index >= 15 is 0 Å². The molecular formula is C13H16F2N2O4S. The molecule has 1 atom stereocenters. The van der Waals surface area contributed by atoms with Crippen LogP contribution < -0.4 is 10.0 Å². The fraction of sp³-hybridized carbons (Fsp3) is 0.385. The van der Waals surface area contributed by atoms with Crippen molar-refractivity contribution in [1.82, 2.24) is 10.0 Å². The summed E-state index contributed by atoms with van der Waals surface area (Å²) in [4.78, 5) is 22.1. The summed E-state index contributed by atoms with van der Waals surface area (Å²) in [6, 6.07) is 1.86. The van der Waals surface area contributed by atoms with Gasteiger partial charge in [0.05, 0.1) is 6.54 Å². The Morgan fingerprint density at radius 2 is 1.91 bits per heavy atom. The topological polar surface area (TPSA) is 92.3 Å². The monoisotopic (exact) mass is 334 g/mol. The summed E-state index contributed by atoms with van der Waals surface area (Å²) in [5, 5.41) is 2.26. The van der Waals surface area contributed by atoms with Gasteiger partial charge in [-0.2, -0.15) is 0 Å². The van der Waals surface area contributed by atoms with E-state index in [4.69, 9.17) is 0 Å². The molecule has 0 unspecified atom stereocenters. The first kappa shape index (κ1) is 18.0. The van der Waals surface area contributed by atoms with Crippen molar-refractivity contribution in [3.63, 3.8) is 0 Å². The number of benzene rings is 1. The number of halogens is 2. The molecule has 0 bridgehead atoms. The quantitative estimate of drug-likeness (QED) is 0.809. The highest BCUT2D eigenvalue weighted by Gasteiger charge is 2.22. The van der Waals surface area contributed by atoms with Crippen LogP contribution in [0.2, 0.25) is 0 Å². The Hall–Kier alpha value is -2.03. The van der Waals surface area contributed by atoms with Crippen molar-refractivity contribution in [3.8, 4) is 0 Å². The first-order valence-corrected chi connectivity index (χ1v) is 7.94. The van der Waals surface area contributed by atoms with Crippen LogP contribution in [0.4, 0.5) is 8.78 Å². The van der Waals surface area contributed by atoms with Gasteiger partial charge in [0, 0.05) is 12.0 Å². The number of carbonyl (C=O) groups excluding carboxylic acids is 2. The zero-order valence-electron chi connectivity index (χ0n) is 12.0. The van der Waals surface area contributed by atoms with E-state index in [9.17, 15) is 26.8 Å². The van der Waals surface area contributed by atoms with Crippen molar-refractivity contribution in [2.75, 3.05) is 6.54 Å². The van der Waals surface area contributed by atoms with E-state index in [0.717, 1.165) is 6.07 Å². The molecule has 1 rings (SSSR count). The molecule has 2 N–H and O–H groups in total. The Balaban J connectivity index is 2.72. The van der Waals surface area contributed by atoms with Gasteiger partial charge < -0.3 is 5.32 Å². The second-order valence-electron chi connectivity index (χ2n) is 4.63. The third-order valence-electron chi connectivity index (χ3n) is 2.91. The van der Waals surface area contributed by atoms with E-state index in [0.29, 0.717) is 18.6 Å². The molecule has 0 saturated heterocycles. The molecule has 0 aliphatic rings. The lowest BCUT2D eigenvalue weighted by Gasteiger charge is -2.11. The molecule has 0 spiro atoms. The first-order chi connectivity index (χ1) is 10.2. The normalized spacial score (nSPS) is 12.5. The Bertz CT molecular complexity index is 677. The summed E-state index contributed by atoms with van der Waals surface area (Å²) in [6.07, 6.45) is 0.562. The molecule has 0 aliphatic carbocycles. The summed E-state index contributed by atoms with van der Waals surface area (Å²) < 4.78 is 51.4. The molecule has 0 heterocycles. The zero-order chi connectivity index (χ0) is 16.9. The fourth-order valence-electron chi connectivity index (χ4n) is 1.46. The van der Waals surface area contributed by atoms with Crippen molar-refractivity contribution < 1.29 is 26.8 Å². The number of amides is 2. The smallest absolute Gasteiger partial charge is 0.267 e. The van der Waals surface area contributed by atoms with Gasteiger partial charge in [-0.05, 0) is 18.6 Å². The van der Waals surface area contributed by atoms with E-state index in [2.05, 4.69) is 5.32 Å². The van der Waals surface area contributed by atoms with E-state index in [1.807, 2.05) is 0 Å². The Kier molecular flexibility index (Phi) is 5.98. The standard InChI is InChI=1S/C13H16F2N2O4S/c1-3-8(2)13(19)16-7-12(18)17-22(20,21)11-5-4-9(14)6-10(11)15/h4-6,8H,3,7H2,1-2H3,(H,16,19)(H,17,18)/t8-/m1/s1. The molecule has 122 valence electrons. The van der Waals surface area contributed by atoms with Crippen LogP contribution in [-0.4, -0.2) is 26.8 Å². The van der Waals surface area contributed by atoms with Crippen molar-refractivity contribution in [2.24, 2.45) is 5.92 Å². The minimum atomic E-state index is -4.47. The summed E-state index contributed by atoms with van der Waals surface area (Å²) in [5.41, 5.74) is 0. The number of nitrogens with one attached hydrogen (secondary N) is 2. The van der Waals surface area contributed by atoms with Crippen LogP contribution in [0.5, 0.6) is 0 Å². The second-order valence-corrected chi connectivity index (χ2v) is 6.28. The predicted octanol–water partition coefficient (Wildman–Crippen LogP) is 0.932. The number of hydrogen-bond donors (Lipinski definition) is 2. The zero-order valence-corrected chi connectivity index (χ0v) is 12.8. The number of sulfonamides is 1. The van der Waals surface area contributed by atoms with Crippen molar-refractivity contribution in [1.29, 1.82) is 0 Å². The maximum atomic E-state index is 13.4. The van der Waals surface area contributed by atoms with Crippen LogP contribution in [0.25, 0.3) is 0 Å². The molecule has 0 fully saturated rings. The molecule has 0 aliphatic heterocycles. The predicted molar refractivity (Wildman–Crippen MR) is 74.2 cm³/mol. The fourth-order valence-corrected chi connectivity index (χ4v) is 2.51. The lowest BCUT2D eigenvalue weighted by molar-refractivity contribution is -0.127. The van der Waals surface area contributed by atoms with E-state index in [-0.39, 0.29) is 5.92 Å².